The topological polar surface area (TPSA) is 0 Å². The Balaban J connectivity index is 2.49. The minimum absolute atomic E-state index is 0.937. The highest BCUT2D eigenvalue weighted by atomic mass is 79.9. The van der Waals surface area contributed by atoms with Gasteiger partial charge in [-0.2, -0.15) is 0 Å². The van der Waals surface area contributed by atoms with E-state index in [9.17, 15) is 0 Å². The number of unbranched alkanes of at least 4 members (excludes halogenated alkanes) is 3. The lowest BCUT2D eigenvalue weighted by molar-refractivity contribution is 0.667. The average Bonchev–Trinajstić information content (AvgIpc) is 2.25. The zero-order valence-corrected chi connectivity index (χ0v) is 10.8. The van der Waals surface area contributed by atoms with Gasteiger partial charge in [-0.25, -0.2) is 0 Å². The van der Waals surface area contributed by atoms with E-state index in [1.165, 1.54) is 31.2 Å². The van der Waals surface area contributed by atoms with E-state index in [2.05, 4.69) is 40.9 Å². The lowest BCUT2D eigenvalue weighted by Gasteiger charge is -2.03. The first-order valence-corrected chi connectivity index (χ1v) is 6.32. The van der Waals surface area contributed by atoms with Gasteiger partial charge in [0.25, 0.3) is 0 Å². The van der Waals surface area contributed by atoms with Crippen molar-refractivity contribution in [3.63, 3.8) is 0 Å². The number of terminal acetylenes is 1. The second kappa shape index (κ2) is 6.69. The van der Waals surface area contributed by atoms with Gasteiger partial charge in [0.2, 0.25) is 0 Å². The van der Waals surface area contributed by atoms with Gasteiger partial charge in [0.1, 0.15) is 0 Å². The molecule has 0 saturated heterocycles. The van der Waals surface area contributed by atoms with Crippen molar-refractivity contribution in [3.8, 4) is 12.3 Å². The van der Waals surface area contributed by atoms with Gasteiger partial charge in [0, 0.05) is 10.0 Å². The molecule has 0 aliphatic heterocycles. The number of halogens is 1. The van der Waals surface area contributed by atoms with Crippen LogP contribution >= 0.6 is 15.9 Å². The number of benzene rings is 1. The van der Waals surface area contributed by atoms with Crippen LogP contribution in [0, 0.1) is 12.3 Å². The van der Waals surface area contributed by atoms with Crippen LogP contribution in [0.15, 0.2) is 22.7 Å². The van der Waals surface area contributed by atoms with Crippen molar-refractivity contribution >= 4 is 15.9 Å². The van der Waals surface area contributed by atoms with Crippen LogP contribution in [0.5, 0.6) is 0 Å². The molecule has 0 aliphatic carbocycles. The molecule has 80 valence electrons. The molecule has 1 aromatic carbocycles. The lowest BCUT2D eigenvalue weighted by Crippen LogP contribution is -1.87. The highest BCUT2D eigenvalue weighted by Crippen LogP contribution is 2.19. The molecule has 0 N–H and O–H groups in total. The summed E-state index contributed by atoms with van der Waals surface area (Å²) in [4.78, 5) is 0. The molecule has 15 heavy (non-hydrogen) atoms. The summed E-state index contributed by atoms with van der Waals surface area (Å²) in [6, 6.07) is 6.28. The largest absolute Gasteiger partial charge is 0.115 e. The van der Waals surface area contributed by atoms with Crippen molar-refractivity contribution in [3.05, 3.63) is 33.8 Å². The number of aryl methyl sites for hydroxylation is 1. The molecule has 0 saturated carbocycles. The number of hydrogen-bond acceptors (Lipinski definition) is 0. The molecule has 0 bridgehead atoms. The van der Waals surface area contributed by atoms with E-state index >= 15 is 0 Å². The van der Waals surface area contributed by atoms with Crippen molar-refractivity contribution in [1.82, 2.24) is 0 Å². The van der Waals surface area contributed by atoms with Gasteiger partial charge in [0.05, 0.1) is 0 Å². The van der Waals surface area contributed by atoms with Crippen LogP contribution in [0.1, 0.15) is 43.7 Å². The maximum atomic E-state index is 5.36. The van der Waals surface area contributed by atoms with E-state index in [1.54, 1.807) is 0 Å². The van der Waals surface area contributed by atoms with E-state index in [1.807, 2.05) is 6.07 Å². The first kappa shape index (κ1) is 12.3. The fourth-order valence-corrected chi connectivity index (χ4v) is 2.13. The SMILES string of the molecule is C#Cc1ccc(CCCCCC)cc1Br. The highest BCUT2D eigenvalue weighted by molar-refractivity contribution is 9.10. The third-order valence-corrected chi connectivity index (χ3v) is 3.16. The second-order valence-corrected chi connectivity index (χ2v) is 4.62. The molecule has 0 atom stereocenters. The quantitative estimate of drug-likeness (QED) is 0.541. The summed E-state index contributed by atoms with van der Waals surface area (Å²) in [7, 11) is 0. The van der Waals surface area contributed by atoms with Crippen molar-refractivity contribution in [2.45, 2.75) is 39.0 Å². The fourth-order valence-electron chi connectivity index (χ4n) is 1.59. The van der Waals surface area contributed by atoms with Crippen LogP contribution < -0.4 is 0 Å². The zero-order valence-electron chi connectivity index (χ0n) is 9.22. The van der Waals surface area contributed by atoms with Crippen molar-refractivity contribution in [2.75, 3.05) is 0 Å². The van der Waals surface area contributed by atoms with Crippen molar-refractivity contribution in [1.29, 1.82) is 0 Å². The Morgan fingerprint density at radius 1 is 1.27 bits per heavy atom. The Bertz CT molecular complexity index is 347. The monoisotopic (exact) mass is 264 g/mol. The van der Waals surface area contributed by atoms with Gasteiger partial charge >= 0.3 is 0 Å². The number of rotatable bonds is 5. The molecule has 0 spiro atoms. The van der Waals surface area contributed by atoms with E-state index in [0.29, 0.717) is 0 Å². The Labute approximate surface area is 101 Å². The van der Waals surface area contributed by atoms with Gasteiger partial charge in [-0.05, 0) is 46.5 Å². The predicted molar refractivity (Wildman–Crippen MR) is 69.9 cm³/mol. The molecule has 0 nitrogen and oxygen atoms in total. The van der Waals surface area contributed by atoms with Crippen LogP contribution in [-0.2, 0) is 6.42 Å². The smallest absolute Gasteiger partial charge is 0.0384 e. The fraction of sp³-hybridized carbons (Fsp3) is 0.429. The van der Waals surface area contributed by atoms with Gasteiger partial charge in [-0.15, -0.1) is 6.42 Å². The standard InChI is InChI=1S/C14H17Br/c1-3-5-6-7-8-12-9-10-13(4-2)14(15)11-12/h2,9-11H,3,5-8H2,1H3. The Morgan fingerprint density at radius 3 is 2.67 bits per heavy atom. The zero-order chi connectivity index (χ0) is 11.1. The van der Waals surface area contributed by atoms with E-state index < -0.39 is 0 Å². The predicted octanol–water partition coefficient (Wildman–Crippen LogP) is 4.55. The molecule has 0 unspecified atom stereocenters. The van der Waals surface area contributed by atoms with Crippen molar-refractivity contribution < 1.29 is 0 Å². The van der Waals surface area contributed by atoms with E-state index in [4.69, 9.17) is 6.42 Å². The first-order valence-electron chi connectivity index (χ1n) is 5.53. The summed E-state index contributed by atoms with van der Waals surface area (Å²) < 4.78 is 1.04. The van der Waals surface area contributed by atoms with Crippen molar-refractivity contribution in [2.24, 2.45) is 0 Å². The summed E-state index contributed by atoms with van der Waals surface area (Å²) in [5.74, 6) is 2.65. The summed E-state index contributed by atoms with van der Waals surface area (Å²) in [5, 5.41) is 0. The molecule has 1 heteroatoms. The van der Waals surface area contributed by atoms with Crippen LogP contribution in [0.3, 0.4) is 0 Å². The van der Waals surface area contributed by atoms with Gasteiger partial charge in [-0.3, -0.25) is 0 Å². The van der Waals surface area contributed by atoms with E-state index in [0.717, 1.165) is 16.5 Å². The lowest BCUT2D eigenvalue weighted by atomic mass is 10.0. The molecule has 0 amide bonds. The Kier molecular flexibility index (Phi) is 5.50. The third-order valence-electron chi connectivity index (χ3n) is 2.51. The van der Waals surface area contributed by atoms with Crippen LogP contribution in [0.2, 0.25) is 0 Å². The first-order chi connectivity index (χ1) is 7.27. The van der Waals surface area contributed by atoms with E-state index in [-0.39, 0.29) is 0 Å². The summed E-state index contributed by atoms with van der Waals surface area (Å²) in [6.45, 7) is 2.23. The molecular formula is C14H17Br. The minimum Gasteiger partial charge on any atom is -0.115 e. The minimum atomic E-state index is 0.937. The molecule has 0 aliphatic rings. The molecule has 1 aromatic rings. The second-order valence-electron chi connectivity index (χ2n) is 3.77. The normalized spacial score (nSPS) is 9.93. The van der Waals surface area contributed by atoms with Crippen LogP contribution in [-0.4, -0.2) is 0 Å². The Morgan fingerprint density at radius 2 is 2.07 bits per heavy atom. The van der Waals surface area contributed by atoms with Crippen LogP contribution in [0.25, 0.3) is 0 Å². The molecule has 0 heterocycles. The Hall–Kier alpha value is -0.740. The number of hydrogen-bond donors (Lipinski definition) is 0. The summed E-state index contributed by atoms with van der Waals surface area (Å²) in [5.41, 5.74) is 2.31. The molecule has 0 fully saturated rings. The molecular weight excluding hydrogens is 248 g/mol. The van der Waals surface area contributed by atoms with Crippen LogP contribution in [0.4, 0.5) is 0 Å². The third kappa shape index (κ3) is 4.10. The molecule has 0 aromatic heterocycles. The average molecular weight is 265 g/mol. The van der Waals surface area contributed by atoms with Gasteiger partial charge in [-0.1, -0.05) is 38.2 Å². The molecule has 1 rings (SSSR count). The summed E-state index contributed by atoms with van der Waals surface area (Å²) in [6.07, 6.45) is 11.7. The maximum Gasteiger partial charge on any atom is 0.0384 e. The summed E-state index contributed by atoms with van der Waals surface area (Å²) >= 11 is 3.49. The van der Waals surface area contributed by atoms with Gasteiger partial charge < -0.3 is 0 Å². The molecule has 0 radical (unpaired) electrons. The van der Waals surface area contributed by atoms with Gasteiger partial charge in [0.15, 0.2) is 0 Å². The highest BCUT2D eigenvalue weighted by Gasteiger charge is 1.99. The maximum absolute atomic E-state index is 5.36.